The molecule has 0 saturated heterocycles. The van der Waals surface area contributed by atoms with Crippen LogP contribution in [-0.2, 0) is 17.9 Å². The first-order valence-electron chi connectivity index (χ1n) is 6.37. The Hall–Kier alpha value is -1.17. The minimum atomic E-state index is 0.450. The summed E-state index contributed by atoms with van der Waals surface area (Å²) >= 11 is 1.67. The predicted molar refractivity (Wildman–Crippen MR) is 77.2 cm³/mol. The molecule has 19 heavy (non-hydrogen) atoms. The quantitative estimate of drug-likeness (QED) is 0.881. The maximum Gasteiger partial charge on any atom is 0.165 e. The molecule has 2 rings (SSSR count). The first kappa shape index (κ1) is 14.2. The molecule has 2 aromatic rings. The van der Waals surface area contributed by atoms with Crippen LogP contribution in [0.3, 0.4) is 0 Å². The summed E-state index contributed by atoms with van der Waals surface area (Å²) in [6, 6.07) is 2.41. The number of aryl methyl sites for hydroxylation is 1. The molecule has 104 valence electrons. The average molecular weight is 280 g/mol. The van der Waals surface area contributed by atoms with E-state index in [2.05, 4.69) is 24.1 Å². The van der Waals surface area contributed by atoms with Gasteiger partial charge in [0, 0.05) is 24.6 Å². The second kappa shape index (κ2) is 6.32. The number of nitrogens with one attached hydrogen (secondary N) is 1. The Labute approximate surface area is 117 Å². The van der Waals surface area contributed by atoms with Gasteiger partial charge in [-0.05, 0) is 18.6 Å². The van der Waals surface area contributed by atoms with Gasteiger partial charge in [-0.15, -0.1) is 11.3 Å². The number of furan rings is 1. The first-order chi connectivity index (χ1) is 9.11. The van der Waals surface area contributed by atoms with E-state index in [-0.39, 0.29) is 0 Å². The van der Waals surface area contributed by atoms with Gasteiger partial charge >= 0.3 is 0 Å². The second-order valence-electron chi connectivity index (χ2n) is 4.79. The molecular weight excluding hydrogens is 260 g/mol. The Morgan fingerprint density at radius 2 is 2.26 bits per heavy atom. The van der Waals surface area contributed by atoms with E-state index in [1.165, 1.54) is 4.88 Å². The van der Waals surface area contributed by atoms with Gasteiger partial charge in [-0.1, -0.05) is 13.8 Å². The summed E-state index contributed by atoms with van der Waals surface area (Å²) in [5, 5.41) is 4.34. The zero-order valence-corrected chi connectivity index (χ0v) is 12.6. The third-order valence-corrected chi connectivity index (χ3v) is 3.88. The number of hydrogen-bond acceptors (Lipinski definition) is 5. The lowest BCUT2D eigenvalue weighted by molar-refractivity contribution is 0.181. The maximum absolute atomic E-state index is 5.51. The molecule has 2 aromatic heterocycles. The molecule has 0 aliphatic heterocycles. The average Bonchev–Trinajstić information content (AvgIpc) is 2.93. The largest absolute Gasteiger partial charge is 0.462 e. The summed E-state index contributed by atoms with van der Waals surface area (Å²) in [5.74, 6) is 0.859. The molecule has 0 unspecified atom stereocenters. The fourth-order valence-electron chi connectivity index (χ4n) is 1.76. The lowest BCUT2D eigenvalue weighted by atomic mass is 10.3. The van der Waals surface area contributed by atoms with E-state index in [4.69, 9.17) is 9.15 Å². The maximum atomic E-state index is 5.51. The van der Waals surface area contributed by atoms with Crippen molar-refractivity contribution in [3.63, 3.8) is 0 Å². The van der Waals surface area contributed by atoms with Crippen LogP contribution in [0.5, 0.6) is 0 Å². The molecule has 5 heteroatoms. The molecule has 0 saturated carbocycles. The molecule has 0 aliphatic carbocycles. The van der Waals surface area contributed by atoms with E-state index in [1.54, 1.807) is 24.7 Å². The lowest BCUT2D eigenvalue weighted by Gasteiger charge is -2.07. The predicted octanol–water partition coefficient (Wildman–Crippen LogP) is 3.36. The van der Waals surface area contributed by atoms with Crippen LogP contribution in [0.1, 0.15) is 30.0 Å². The van der Waals surface area contributed by atoms with Crippen LogP contribution < -0.4 is 5.32 Å². The van der Waals surface area contributed by atoms with Crippen molar-refractivity contribution in [3.05, 3.63) is 28.5 Å². The number of hydrogen-bond donors (Lipinski definition) is 1. The summed E-state index contributed by atoms with van der Waals surface area (Å²) < 4.78 is 10.7. The summed E-state index contributed by atoms with van der Waals surface area (Å²) in [6.45, 7) is 7.64. The highest BCUT2D eigenvalue weighted by atomic mass is 32.1. The van der Waals surface area contributed by atoms with Crippen LogP contribution in [0.25, 0.3) is 10.8 Å². The number of aromatic nitrogens is 1. The first-order valence-corrected chi connectivity index (χ1v) is 7.18. The molecule has 0 aliphatic rings. The number of methoxy groups -OCH3 is 1. The standard InChI is InChI=1S/C14H20N2O2S/c1-9(2)15-7-12-11(8-17-4)16-14(19-12)13-10(3)5-6-18-13/h5-6,9,15H,7-8H2,1-4H3. The number of nitrogens with zero attached hydrogens (tertiary/aromatic N) is 1. The minimum Gasteiger partial charge on any atom is -0.462 e. The highest BCUT2D eigenvalue weighted by Gasteiger charge is 2.16. The summed E-state index contributed by atoms with van der Waals surface area (Å²) in [6.07, 6.45) is 1.70. The normalized spacial score (nSPS) is 11.4. The zero-order valence-electron chi connectivity index (χ0n) is 11.8. The van der Waals surface area contributed by atoms with Crippen LogP contribution in [-0.4, -0.2) is 18.1 Å². The van der Waals surface area contributed by atoms with Gasteiger partial charge in [-0.2, -0.15) is 0 Å². The van der Waals surface area contributed by atoms with Crippen molar-refractivity contribution >= 4 is 11.3 Å². The van der Waals surface area contributed by atoms with Crippen molar-refractivity contribution < 1.29 is 9.15 Å². The summed E-state index contributed by atoms with van der Waals surface area (Å²) in [5.41, 5.74) is 2.10. The fourth-order valence-corrected chi connectivity index (χ4v) is 2.83. The Balaban J connectivity index is 2.26. The highest BCUT2D eigenvalue weighted by Crippen LogP contribution is 2.31. The van der Waals surface area contributed by atoms with E-state index in [1.807, 2.05) is 13.0 Å². The molecule has 0 aromatic carbocycles. The summed E-state index contributed by atoms with van der Waals surface area (Å²) in [4.78, 5) is 5.85. The van der Waals surface area contributed by atoms with Crippen LogP contribution in [0.4, 0.5) is 0 Å². The van der Waals surface area contributed by atoms with Crippen molar-refractivity contribution in [3.8, 4) is 10.8 Å². The molecule has 1 N–H and O–H groups in total. The Morgan fingerprint density at radius 1 is 1.47 bits per heavy atom. The van der Waals surface area contributed by atoms with E-state index in [0.29, 0.717) is 12.6 Å². The van der Waals surface area contributed by atoms with E-state index < -0.39 is 0 Å². The Morgan fingerprint density at radius 3 is 2.84 bits per heavy atom. The Bertz CT molecular complexity index is 531. The molecule has 0 atom stereocenters. The van der Waals surface area contributed by atoms with Crippen molar-refractivity contribution in [2.75, 3.05) is 7.11 Å². The SMILES string of the molecule is COCc1nc(-c2occc2C)sc1CNC(C)C. The molecule has 2 heterocycles. The Kier molecular flexibility index (Phi) is 4.74. The van der Waals surface area contributed by atoms with Crippen molar-refractivity contribution in [2.45, 2.75) is 40.0 Å². The molecular formula is C14H20N2O2S. The van der Waals surface area contributed by atoms with Crippen molar-refractivity contribution in [2.24, 2.45) is 0 Å². The van der Waals surface area contributed by atoms with E-state index in [0.717, 1.165) is 28.6 Å². The van der Waals surface area contributed by atoms with Crippen molar-refractivity contribution in [1.29, 1.82) is 0 Å². The molecule has 0 spiro atoms. The van der Waals surface area contributed by atoms with E-state index >= 15 is 0 Å². The molecule has 0 radical (unpaired) electrons. The third-order valence-electron chi connectivity index (χ3n) is 2.79. The van der Waals surface area contributed by atoms with Gasteiger partial charge in [0.05, 0.1) is 18.6 Å². The molecule has 4 nitrogen and oxygen atoms in total. The third kappa shape index (κ3) is 3.43. The van der Waals surface area contributed by atoms with Crippen LogP contribution in [0.2, 0.25) is 0 Å². The fraction of sp³-hybridized carbons (Fsp3) is 0.500. The zero-order chi connectivity index (χ0) is 13.8. The second-order valence-corrected chi connectivity index (χ2v) is 5.87. The molecule has 0 bridgehead atoms. The van der Waals surface area contributed by atoms with Gasteiger partial charge in [0.15, 0.2) is 10.8 Å². The number of thiazole rings is 1. The van der Waals surface area contributed by atoms with Gasteiger partial charge in [0.25, 0.3) is 0 Å². The molecule has 0 amide bonds. The lowest BCUT2D eigenvalue weighted by Crippen LogP contribution is -2.21. The molecule has 0 fully saturated rings. The van der Waals surface area contributed by atoms with Crippen LogP contribution in [0.15, 0.2) is 16.7 Å². The summed E-state index contributed by atoms with van der Waals surface area (Å²) in [7, 11) is 1.69. The topological polar surface area (TPSA) is 47.3 Å². The smallest absolute Gasteiger partial charge is 0.165 e. The van der Waals surface area contributed by atoms with Gasteiger partial charge in [-0.25, -0.2) is 4.98 Å². The minimum absolute atomic E-state index is 0.450. The van der Waals surface area contributed by atoms with Crippen molar-refractivity contribution in [1.82, 2.24) is 10.3 Å². The number of ether oxygens (including phenoxy) is 1. The number of rotatable bonds is 6. The van der Waals surface area contributed by atoms with Crippen LogP contribution in [0, 0.1) is 6.92 Å². The highest BCUT2D eigenvalue weighted by molar-refractivity contribution is 7.15. The van der Waals surface area contributed by atoms with Gasteiger partial charge < -0.3 is 14.5 Å². The van der Waals surface area contributed by atoms with Crippen LogP contribution >= 0.6 is 11.3 Å². The monoisotopic (exact) mass is 280 g/mol. The van der Waals surface area contributed by atoms with E-state index in [9.17, 15) is 0 Å². The van der Waals surface area contributed by atoms with Gasteiger partial charge in [-0.3, -0.25) is 0 Å². The van der Waals surface area contributed by atoms with Gasteiger partial charge in [0.1, 0.15) is 0 Å². The van der Waals surface area contributed by atoms with Gasteiger partial charge in [0.2, 0.25) is 0 Å².